The van der Waals surface area contributed by atoms with Gasteiger partial charge in [0.25, 0.3) is 0 Å². The van der Waals surface area contributed by atoms with Gasteiger partial charge in [-0.3, -0.25) is 0 Å². The number of ether oxygens (including phenoxy) is 1. The first-order valence-corrected chi connectivity index (χ1v) is 8.45. The van der Waals surface area contributed by atoms with Crippen molar-refractivity contribution >= 4 is 17.4 Å². The highest BCUT2D eigenvalue weighted by atomic mass is 16.5. The number of rotatable bonds is 3. The van der Waals surface area contributed by atoms with E-state index < -0.39 is 0 Å². The number of benzene rings is 1. The van der Waals surface area contributed by atoms with Crippen LogP contribution in [-0.4, -0.2) is 51.0 Å². The van der Waals surface area contributed by atoms with E-state index in [4.69, 9.17) is 4.74 Å². The maximum Gasteiger partial charge on any atom is 0.319 e. The maximum atomic E-state index is 12.1. The lowest BCUT2D eigenvalue weighted by Gasteiger charge is -2.33. The summed E-state index contributed by atoms with van der Waals surface area (Å²) in [5.41, 5.74) is 2.00. The van der Waals surface area contributed by atoms with E-state index >= 15 is 0 Å². The number of amides is 2. The zero-order chi connectivity index (χ0) is 15.8. The smallest absolute Gasteiger partial charge is 0.319 e. The van der Waals surface area contributed by atoms with Crippen LogP contribution in [0.5, 0.6) is 0 Å². The summed E-state index contributed by atoms with van der Waals surface area (Å²) in [4.78, 5) is 14.4. The summed E-state index contributed by atoms with van der Waals surface area (Å²) in [6.07, 6.45) is 0.264. The fourth-order valence-corrected chi connectivity index (χ4v) is 3.76. The van der Waals surface area contributed by atoms with Gasteiger partial charge in [0.2, 0.25) is 0 Å². The van der Waals surface area contributed by atoms with Crippen LogP contribution in [0.4, 0.5) is 16.2 Å². The second kappa shape index (κ2) is 6.02. The van der Waals surface area contributed by atoms with E-state index in [9.17, 15) is 4.79 Å². The molecule has 1 saturated carbocycles. The fourth-order valence-electron chi connectivity index (χ4n) is 3.76. The molecule has 4 atom stereocenters. The van der Waals surface area contributed by atoms with Crippen molar-refractivity contribution in [2.75, 3.05) is 43.0 Å². The zero-order valence-corrected chi connectivity index (χ0v) is 13.4. The van der Waals surface area contributed by atoms with Crippen LogP contribution in [0.25, 0.3) is 0 Å². The molecule has 3 N–H and O–H groups in total. The van der Waals surface area contributed by atoms with Crippen LogP contribution in [0.1, 0.15) is 6.92 Å². The van der Waals surface area contributed by atoms with Crippen LogP contribution in [0.2, 0.25) is 0 Å². The van der Waals surface area contributed by atoms with Crippen molar-refractivity contribution in [1.29, 1.82) is 0 Å². The summed E-state index contributed by atoms with van der Waals surface area (Å²) in [6.45, 7) is 6.74. The molecule has 6 nitrogen and oxygen atoms in total. The molecule has 3 aliphatic rings. The van der Waals surface area contributed by atoms with Crippen molar-refractivity contribution in [2.45, 2.75) is 19.1 Å². The highest BCUT2D eigenvalue weighted by Crippen LogP contribution is 2.41. The van der Waals surface area contributed by atoms with Crippen LogP contribution in [0.3, 0.4) is 0 Å². The molecule has 0 aromatic heterocycles. The Bertz CT molecular complexity index is 566. The molecule has 2 aliphatic heterocycles. The Hall–Kier alpha value is -1.79. The molecule has 1 aromatic carbocycles. The highest BCUT2D eigenvalue weighted by Gasteiger charge is 2.53. The first-order valence-electron chi connectivity index (χ1n) is 8.45. The summed E-state index contributed by atoms with van der Waals surface area (Å²) in [5, 5.41) is 9.33. The third kappa shape index (κ3) is 3.14. The van der Waals surface area contributed by atoms with E-state index in [1.54, 1.807) is 0 Å². The van der Waals surface area contributed by atoms with Gasteiger partial charge in [0.1, 0.15) is 0 Å². The lowest BCUT2D eigenvalue weighted by Crippen LogP contribution is -2.41. The number of anilines is 2. The zero-order valence-electron chi connectivity index (χ0n) is 13.4. The van der Waals surface area contributed by atoms with Gasteiger partial charge in [0.05, 0.1) is 12.7 Å². The number of morpholine rings is 1. The predicted octanol–water partition coefficient (Wildman–Crippen LogP) is 1.25. The van der Waals surface area contributed by atoms with Crippen molar-refractivity contribution in [3.8, 4) is 0 Å². The Kier molecular flexibility index (Phi) is 3.87. The van der Waals surface area contributed by atoms with Gasteiger partial charge >= 0.3 is 6.03 Å². The van der Waals surface area contributed by atoms with E-state index in [1.165, 1.54) is 5.69 Å². The van der Waals surface area contributed by atoms with E-state index in [1.807, 2.05) is 12.1 Å². The molecule has 3 fully saturated rings. The highest BCUT2D eigenvalue weighted by molar-refractivity contribution is 5.90. The lowest BCUT2D eigenvalue weighted by atomic mass is 10.2. The molecule has 2 heterocycles. The average Bonchev–Trinajstić information content (AvgIpc) is 2.96. The van der Waals surface area contributed by atoms with Crippen molar-refractivity contribution in [1.82, 2.24) is 10.6 Å². The van der Waals surface area contributed by atoms with Crippen molar-refractivity contribution in [3.63, 3.8) is 0 Å². The van der Waals surface area contributed by atoms with Gasteiger partial charge in [-0.2, -0.15) is 0 Å². The van der Waals surface area contributed by atoms with Crippen molar-refractivity contribution in [2.24, 2.45) is 11.8 Å². The Labute approximate surface area is 136 Å². The number of fused-ring (bicyclic) bond motifs is 1. The molecule has 0 radical (unpaired) electrons. The molecule has 6 heteroatoms. The molecule has 1 aliphatic carbocycles. The van der Waals surface area contributed by atoms with Crippen LogP contribution in [0, 0.1) is 11.8 Å². The fraction of sp³-hybridized carbons (Fsp3) is 0.588. The van der Waals surface area contributed by atoms with E-state index in [2.05, 4.69) is 39.9 Å². The number of carbonyl (C=O) groups excluding carboxylic acids is 1. The van der Waals surface area contributed by atoms with Gasteiger partial charge in [-0.05, 0) is 43.0 Å². The Morgan fingerprint density at radius 1 is 1.26 bits per heavy atom. The summed E-state index contributed by atoms with van der Waals surface area (Å²) >= 11 is 0. The van der Waals surface area contributed by atoms with Crippen LogP contribution >= 0.6 is 0 Å². The van der Waals surface area contributed by atoms with Crippen molar-refractivity contribution < 1.29 is 9.53 Å². The monoisotopic (exact) mass is 316 g/mol. The van der Waals surface area contributed by atoms with Crippen LogP contribution in [-0.2, 0) is 4.74 Å². The molecular formula is C17H24N4O2. The van der Waals surface area contributed by atoms with Gasteiger partial charge < -0.3 is 25.6 Å². The Morgan fingerprint density at radius 2 is 2.00 bits per heavy atom. The maximum absolute atomic E-state index is 12.1. The summed E-state index contributed by atoms with van der Waals surface area (Å²) in [7, 11) is 0. The minimum Gasteiger partial charge on any atom is -0.375 e. The average molecular weight is 316 g/mol. The number of piperidine rings is 1. The molecule has 124 valence electrons. The minimum absolute atomic E-state index is 0.0999. The number of nitrogens with one attached hydrogen (secondary N) is 3. The number of hydrogen-bond donors (Lipinski definition) is 3. The standard InChI is InChI=1S/C17H24N4O2/c1-11-10-21(6-7-23-11)13-4-2-12(3-5-13)19-17(22)20-16-14-8-18-9-15(14)16/h2-5,11,14-16,18H,6-10H2,1H3,(H2,19,20,22)/t11?,14-,15+,16?. The summed E-state index contributed by atoms with van der Waals surface area (Å²) in [5.74, 6) is 1.26. The van der Waals surface area contributed by atoms with Gasteiger partial charge in [-0.1, -0.05) is 0 Å². The number of urea groups is 1. The number of carbonyl (C=O) groups is 1. The van der Waals surface area contributed by atoms with E-state index in [0.29, 0.717) is 17.9 Å². The Morgan fingerprint density at radius 3 is 2.70 bits per heavy atom. The summed E-state index contributed by atoms with van der Waals surface area (Å²) in [6, 6.07) is 8.30. The minimum atomic E-state index is -0.0999. The van der Waals surface area contributed by atoms with Gasteiger partial charge in [0.15, 0.2) is 0 Å². The molecular weight excluding hydrogens is 292 g/mol. The predicted molar refractivity (Wildman–Crippen MR) is 89.9 cm³/mol. The number of nitrogens with zero attached hydrogens (tertiary/aromatic N) is 1. The second-order valence-corrected chi connectivity index (χ2v) is 6.78. The van der Waals surface area contributed by atoms with Gasteiger partial charge in [-0.25, -0.2) is 4.79 Å². The quantitative estimate of drug-likeness (QED) is 0.785. The number of hydrogen-bond acceptors (Lipinski definition) is 4. The molecule has 2 saturated heterocycles. The normalized spacial score (nSPS) is 32.3. The van der Waals surface area contributed by atoms with Gasteiger partial charge in [0, 0.05) is 43.6 Å². The molecule has 0 spiro atoms. The van der Waals surface area contributed by atoms with Crippen molar-refractivity contribution in [3.05, 3.63) is 24.3 Å². The summed E-state index contributed by atoms with van der Waals surface area (Å²) < 4.78 is 5.57. The largest absolute Gasteiger partial charge is 0.375 e. The first kappa shape index (κ1) is 14.8. The molecule has 23 heavy (non-hydrogen) atoms. The molecule has 1 aromatic rings. The Balaban J connectivity index is 1.30. The SMILES string of the molecule is CC1CN(c2ccc(NC(=O)NC3[C@H]4CNC[C@@H]34)cc2)CCO1. The third-order valence-electron chi connectivity index (χ3n) is 5.12. The van der Waals surface area contributed by atoms with E-state index in [0.717, 1.165) is 38.5 Å². The molecule has 2 unspecified atom stereocenters. The van der Waals surface area contributed by atoms with Crippen LogP contribution < -0.4 is 20.9 Å². The first-order chi connectivity index (χ1) is 11.2. The van der Waals surface area contributed by atoms with E-state index in [-0.39, 0.29) is 12.1 Å². The van der Waals surface area contributed by atoms with Gasteiger partial charge in [-0.15, -0.1) is 0 Å². The molecule has 4 rings (SSSR count). The second-order valence-electron chi connectivity index (χ2n) is 6.78. The van der Waals surface area contributed by atoms with Crippen LogP contribution in [0.15, 0.2) is 24.3 Å². The third-order valence-corrected chi connectivity index (χ3v) is 5.12. The molecule has 0 bridgehead atoms. The topological polar surface area (TPSA) is 65.6 Å². The lowest BCUT2D eigenvalue weighted by molar-refractivity contribution is 0.0532. The molecule has 2 amide bonds.